The van der Waals surface area contributed by atoms with Crippen molar-refractivity contribution in [3.63, 3.8) is 0 Å². The van der Waals surface area contributed by atoms with Crippen LogP contribution in [0.5, 0.6) is 5.75 Å². The average molecular weight is 249 g/mol. The molecule has 18 heavy (non-hydrogen) atoms. The van der Waals surface area contributed by atoms with Gasteiger partial charge in [0.05, 0.1) is 6.10 Å². The average Bonchev–Trinajstić information content (AvgIpc) is 2.28. The fraction of sp³-hybridized carbons (Fsp3) is 0.600. The molecule has 3 nitrogen and oxygen atoms in total. The lowest BCUT2D eigenvalue weighted by atomic mass is 9.73. The molecule has 0 spiro atoms. The van der Waals surface area contributed by atoms with Gasteiger partial charge in [-0.15, -0.1) is 0 Å². The van der Waals surface area contributed by atoms with Crippen LogP contribution in [0.15, 0.2) is 24.3 Å². The molecule has 1 aliphatic carbocycles. The lowest BCUT2D eigenvalue weighted by Crippen LogP contribution is -2.36. The van der Waals surface area contributed by atoms with Crippen molar-refractivity contribution in [2.24, 2.45) is 5.92 Å². The molecule has 0 amide bonds. The molecular weight excluding hydrogens is 226 g/mol. The Morgan fingerprint density at radius 1 is 1.28 bits per heavy atom. The maximum atomic E-state index is 10.3. The molecule has 0 aliphatic heterocycles. The van der Waals surface area contributed by atoms with E-state index in [1.807, 2.05) is 12.1 Å². The van der Waals surface area contributed by atoms with Gasteiger partial charge in [-0.3, -0.25) is 0 Å². The molecule has 0 heterocycles. The summed E-state index contributed by atoms with van der Waals surface area (Å²) in [5.74, 6) is 0.896. The maximum Gasteiger partial charge on any atom is 0.115 e. The normalized spacial score (nSPS) is 28.6. The standard InChI is InChI=1S/C15H23NO2/c1-16(2)10-12-6-4-8-14(18)15(12)11-5-3-7-13(17)9-11/h3,5,7,9,12,14-15,17-18H,4,6,8,10H2,1-2H3/t12-,14?,15-/m0/s1. The van der Waals surface area contributed by atoms with E-state index in [0.717, 1.165) is 31.4 Å². The summed E-state index contributed by atoms with van der Waals surface area (Å²) in [5, 5.41) is 19.9. The molecule has 2 N–H and O–H groups in total. The van der Waals surface area contributed by atoms with Crippen LogP contribution in [0.2, 0.25) is 0 Å². The second kappa shape index (κ2) is 5.72. The van der Waals surface area contributed by atoms with Crippen LogP contribution in [0.3, 0.4) is 0 Å². The number of phenols is 1. The van der Waals surface area contributed by atoms with Gasteiger partial charge in [-0.1, -0.05) is 18.6 Å². The van der Waals surface area contributed by atoms with E-state index in [9.17, 15) is 10.2 Å². The first-order valence-electron chi connectivity index (χ1n) is 6.69. The van der Waals surface area contributed by atoms with Crippen LogP contribution in [-0.4, -0.2) is 41.9 Å². The molecule has 2 rings (SSSR count). The molecule has 1 unspecified atom stereocenters. The lowest BCUT2D eigenvalue weighted by Gasteiger charge is -2.37. The van der Waals surface area contributed by atoms with Gasteiger partial charge in [0, 0.05) is 12.5 Å². The van der Waals surface area contributed by atoms with E-state index in [1.54, 1.807) is 12.1 Å². The van der Waals surface area contributed by atoms with Crippen molar-refractivity contribution in [3.05, 3.63) is 29.8 Å². The summed E-state index contributed by atoms with van der Waals surface area (Å²) in [4.78, 5) is 2.18. The highest BCUT2D eigenvalue weighted by molar-refractivity contribution is 5.31. The molecule has 0 saturated heterocycles. The Labute approximate surface area is 109 Å². The van der Waals surface area contributed by atoms with Crippen LogP contribution in [0, 0.1) is 5.92 Å². The van der Waals surface area contributed by atoms with Crippen molar-refractivity contribution in [3.8, 4) is 5.75 Å². The van der Waals surface area contributed by atoms with Gasteiger partial charge in [-0.2, -0.15) is 0 Å². The molecule has 1 fully saturated rings. The minimum absolute atomic E-state index is 0.147. The first-order valence-corrected chi connectivity index (χ1v) is 6.69. The van der Waals surface area contributed by atoms with Gasteiger partial charge < -0.3 is 15.1 Å². The summed E-state index contributed by atoms with van der Waals surface area (Å²) in [6.07, 6.45) is 2.82. The quantitative estimate of drug-likeness (QED) is 0.863. The van der Waals surface area contributed by atoms with Gasteiger partial charge in [0.2, 0.25) is 0 Å². The van der Waals surface area contributed by atoms with Crippen LogP contribution >= 0.6 is 0 Å². The van der Waals surface area contributed by atoms with E-state index >= 15 is 0 Å². The Balaban J connectivity index is 2.24. The molecule has 1 aromatic carbocycles. The second-order valence-electron chi connectivity index (χ2n) is 5.64. The van der Waals surface area contributed by atoms with Crippen molar-refractivity contribution < 1.29 is 10.2 Å². The highest BCUT2D eigenvalue weighted by atomic mass is 16.3. The summed E-state index contributed by atoms with van der Waals surface area (Å²) < 4.78 is 0. The topological polar surface area (TPSA) is 43.7 Å². The van der Waals surface area contributed by atoms with E-state index < -0.39 is 0 Å². The highest BCUT2D eigenvalue weighted by Gasteiger charge is 2.33. The molecule has 100 valence electrons. The van der Waals surface area contributed by atoms with Crippen LogP contribution in [-0.2, 0) is 0 Å². The largest absolute Gasteiger partial charge is 0.508 e. The highest BCUT2D eigenvalue weighted by Crippen LogP contribution is 2.39. The second-order valence-corrected chi connectivity index (χ2v) is 5.64. The van der Waals surface area contributed by atoms with Gasteiger partial charge in [-0.25, -0.2) is 0 Å². The fourth-order valence-corrected chi connectivity index (χ4v) is 3.16. The number of nitrogens with zero attached hydrogens (tertiary/aromatic N) is 1. The molecule has 1 saturated carbocycles. The van der Waals surface area contributed by atoms with Crippen LogP contribution in [0.25, 0.3) is 0 Å². The SMILES string of the molecule is CN(C)C[C@@H]1CCCC(O)[C@H]1c1cccc(O)c1. The lowest BCUT2D eigenvalue weighted by molar-refractivity contribution is 0.0638. The Hall–Kier alpha value is -1.06. The van der Waals surface area contributed by atoms with Gasteiger partial charge in [-0.05, 0) is 50.6 Å². The van der Waals surface area contributed by atoms with Gasteiger partial charge in [0.1, 0.15) is 5.75 Å². The van der Waals surface area contributed by atoms with E-state index in [2.05, 4.69) is 19.0 Å². The smallest absolute Gasteiger partial charge is 0.115 e. The van der Waals surface area contributed by atoms with Gasteiger partial charge >= 0.3 is 0 Å². The monoisotopic (exact) mass is 249 g/mol. The Morgan fingerprint density at radius 2 is 2.06 bits per heavy atom. The van der Waals surface area contributed by atoms with Gasteiger partial charge in [0.25, 0.3) is 0 Å². The molecular formula is C15H23NO2. The number of aliphatic hydroxyl groups excluding tert-OH is 1. The van der Waals surface area contributed by atoms with E-state index in [1.165, 1.54) is 0 Å². The van der Waals surface area contributed by atoms with E-state index in [0.29, 0.717) is 5.92 Å². The third-order valence-corrected chi connectivity index (χ3v) is 3.85. The zero-order valence-corrected chi connectivity index (χ0v) is 11.2. The molecule has 1 aromatic rings. The number of phenolic OH excluding ortho intramolecular Hbond substituents is 1. The maximum absolute atomic E-state index is 10.3. The zero-order chi connectivity index (χ0) is 13.1. The molecule has 1 aliphatic rings. The zero-order valence-electron chi connectivity index (χ0n) is 11.2. The minimum Gasteiger partial charge on any atom is -0.508 e. The van der Waals surface area contributed by atoms with E-state index in [-0.39, 0.29) is 17.8 Å². The number of hydrogen-bond acceptors (Lipinski definition) is 3. The predicted octanol–water partition coefficient (Wildman–Crippen LogP) is 2.20. The van der Waals surface area contributed by atoms with Crippen molar-refractivity contribution >= 4 is 0 Å². The van der Waals surface area contributed by atoms with Gasteiger partial charge in [0.15, 0.2) is 0 Å². The third-order valence-electron chi connectivity index (χ3n) is 3.85. The number of hydrogen-bond donors (Lipinski definition) is 2. The molecule has 3 atom stereocenters. The summed E-state index contributed by atoms with van der Waals surface area (Å²) in [5.41, 5.74) is 1.06. The van der Waals surface area contributed by atoms with Crippen molar-refractivity contribution in [2.45, 2.75) is 31.3 Å². The molecule has 0 aromatic heterocycles. The Morgan fingerprint density at radius 3 is 2.72 bits per heavy atom. The van der Waals surface area contributed by atoms with Crippen molar-refractivity contribution in [1.82, 2.24) is 4.90 Å². The third kappa shape index (κ3) is 3.03. The Kier molecular flexibility index (Phi) is 4.25. The van der Waals surface area contributed by atoms with Crippen LogP contribution in [0.1, 0.15) is 30.7 Å². The molecule has 0 bridgehead atoms. The number of benzene rings is 1. The minimum atomic E-state index is -0.287. The summed E-state index contributed by atoms with van der Waals surface area (Å²) in [7, 11) is 4.14. The Bertz CT molecular complexity index is 392. The van der Waals surface area contributed by atoms with Crippen molar-refractivity contribution in [2.75, 3.05) is 20.6 Å². The first-order chi connectivity index (χ1) is 8.58. The van der Waals surface area contributed by atoms with Crippen LogP contribution in [0.4, 0.5) is 0 Å². The number of aromatic hydroxyl groups is 1. The van der Waals surface area contributed by atoms with E-state index in [4.69, 9.17) is 0 Å². The summed E-state index contributed by atoms with van der Waals surface area (Å²) in [6, 6.07) is 7.35. The number of rotatable bonds is 3. The fourth-order valence-electron chi connectivity index (χ4n) is 3.16. The summed E-state index contributed by atoms with van der Waals surface area (Å²) >= 11 is 0. The molecule has 0 radical (unpaired) electrons. The first kappa shape index (κ1) is 13.4. The van der Waals surface area contributed by atoms with Crippen LogP contribution < -0.4 is 0 Å². The number of aliphatic hydroxyl groups is 1. The van der Waals surface area contributed by atoms with Crippen molar-refractivity contribution in [1.29, 1.82) is 0 Å². The predicted molar refractivity (Wildman–Crippen MR) is 72.7 cm³/mol. The summed E-state index contributed by atoms with van der Waals surface area (Å²) in [6.45, 7) is 0.984. The molecule has 3 heteroatoms.